The fourth-order valence-corrected chi connectivity index (χ4v) is 3.38. The summed E-state index contributed by atoms with van der Waals surface area (Å²) >= 11 is 1.72. The van der Waals surface area contributed by atoms with Crippen molar-refractivity contribution in [2.75, 3.05) is 66.6 Å². The van der Waals surface area contributed by atoms with Crippen LogP contribution in [0.2, 0.25) is 0 Å². The molecule has 152 valence electrons. The summed E-state index contributed by atoms with van der Waals surface area (Å²) in [7, 11) is 3.48. The van der Waals surface area contributed by atoms with Crippen LogP contribution in [0.15, 0.2) is 11.2 Å². The highest BCUT2D eigenvalue weighted by Gasteiger charge is 2.13. The van der Waals surface area contributed by atoms with Crippen molar-refractivity contribution in [3.8, 4) is 0 Å². The minimum absolute atomic E-state index is 0.0205. The molecule has 2 heterocycles. The number of nitrogens with zero attached hydrogens (tertiary/aromatic N) is 4. The molecule has 0 aliphatic carbocycles. The van der Waals surface area contributed by atoms with Crippen LogP contribution in [0.5, 0.6) is 0 Å². The smallest absolute Gasteiger partial charge is 0.243 e. The Balaban J connectivity index is 1.85. The highest BCUT2D eigenvalue weighted by molar-refractivity contribution is 7.11. The molecule has 2 N–H and O–H groups in total. The number of rotatable bonds is 8. The van der Waals surface area contributed by atoms with Crippen molar-refractivity contribution >= 4 is 23.2 Å². The largest absolute Gasteiger partial charge is 0.379 e. The summed E-state index contributed by atoms with van der Waals surface area (Å²) in [6, 6.07) is 0. The number of carbonyl (C=O) groups excluding carboxylic acids is 1. The van der Waals surface area contributed by atoms with Crippen molar-refractivity contribution in [2.24, 2.45) is 4.99 Å². The second kappa shape index (κ2) is 11.2. The molecule has 1 fully saturated rings. The summed E-state index contributed by atoms with van der Waals surface area (Å²) < 4.78 is 5.38. The summed E-state index contributed by atoms with van der Waals surface area (Å²) in [5.74, 6) is 0.922. The lowest BCUT2D eigenvalue weighted by molar-refractivity contribution is -0.127. The Morgan fingerprint density at radius 1 is 1.41 bits per heavy atom. The van der Waals surface area contributed by atoms with E-state index in [0.29, 0.717) is 12.5 Å². The fraction of sp³-hybridized carbons (Fsp3) is 0.722. The summed E-state index contributed by atoms with van der Waals surface area (Å²) in [6.07, 6.45) is 1.90. The summed E-state index contributed by atoms with van der Waals surface area (Å²) in [6.45, 7) is 10.2. The fourth-order valence-electron chi connectivity index (χ4n) is 2.56. The van der Waals surface area contributed by atoms with Gasteiger partial charge in [-0.05, 0) is 6.92 Å². The Kier molecular flexibility index (Phi) is 8.96. The van der Waals surface area contributed by atoms with E-state index in [0.717, 1.165) is 44.4 Å². The van der Waals surface area contributed by atoms with Crippen LogP contribution >= 0.6 is 11.3 Å². The molecule has 1 aromatic heterocycles. The molecule has 1 amide bonds. The van der Waals surface area contributed by atoms with E-state index in [2.05, 4.69) is 39.4 Å². The average molecular weight is 397 g/mol. The van der Waals surface area contributed by atoms with Gasteiger partial charge in [-0.25, -0.2) is 9.98 Å². The second-order valence-corrected chi connectivity index (χ2v) is 8.19. The zero-order chi connectivity index (χ0) is 19.6. The van der Waals surface area contributed by atoms with Gasteiger partial charge in [0.25, 0.3) is 0 Å². The zero-order valence-electron chi connectivity index (χ0n) is 16.8. The minimum Gasteiger partial charge on any atom is -0.379 e. The molecule has 0 bridgehead atoms. The first-order valence-corrected chi connectivity index (χ1v) is 10.2. The first-order chi connectivity index (χ1) is 13.0. The molecule has 1 saturated heterocycles. The van der Waals surface area contributed by atoms with Crippen LogP contribution < -0.4 is 10.6 Å². The number of carbonyl (C=O) groups is 1. The number of aryl methyl sites for hydroxylation is 1. The predicted molar refractivity (Wildman–Crippen MR) is 110 cm³/mol. The molecule has 1 atom stereocenters. The van der Waals surface area contributed by atoms with Crippen LogP contribution in [0.1, 0.15) is 22.7 Å². The summed E-state index contributed by atoms with van der Waals surface area (Å²) in [4.78, 5) is 25.9. The van der Waals surface area contributed by atoms with Gasteiger partial charge >= 0.3 is 0 Å². The van der Waals surface area contributed by atoms with Gasteiger partial charge in [0.05, 0.1) is 18.2 Å². The van der Waals surface area contributed by atoms with Gasteiger partial charge in [0.15, 0.2) is 5.96 Å². The van der Waals surface area contributed by atoms with Gasteiger partial charge in [-0.1, -0.05) is 6.92 Å². The Morgan fingerprint density at radius 2 is 2.15 bits per heavy atom. The van der Waals surface area contributed by atoms with Gasteiger partial charge in [-0.15, -0.1) is 11.3 Å². The van der Waals surface area contributed by atoms with E-state index in [1.165, 1.54) is 4.88 Å². The molecule has 8 nitrogen and oxygen atoms in total. The molecule has 1 aliphatic rings. The van der Waals surface area contributed by atoms with E-state index < -0.39 is 0 Å². The molecule has 0 saturated carbocycles. The third-order valence-electron chi connectivity index (χ3n) is 4.33. The van der Waals surface area contributed by atoms with E-state index in [1.807, 2.05) is 6.20 Å². The summed E-state index contributed by atoms with van der Waals surface area (Å²) in [5, 5.41) is 7.80. The third kappa shape index (κ3) is 7.82. The average Bonchev–Trinajstić information content (AvgIpc) is 3.10. The number of nitrogens with one attached hydrogen (secondary N) is 2. The van der Waals surface area contributed by atoms with Crippen LogP contribution in [0, 0.1) is 6.92 Å². The number of aliphatic imine (C=N–C) groups is 1. The number of aromatic nitrogens is 1. The van der Waals surface area contributed by atoms with Crippen LogP contribution in [0.3, 0.4) is 0 Å². The number of ether oxygens (including phenoxy) is 1. The lowest BCUT2D eigenvalue weighted by Gasteiger charge is -2.27. The van der Waals surface area contributed by atoms with Crippen molar-refractivity contribution < 1.29 is 9.53 Å². The Bertz CT molecular complexity index is 613. The number of likely N-dealkylation sites (N-methyl/N-ethyl adjacent to an activating group) is 1. The monoisotopic (exact) mass is 396 g/mol. The van der Waals surface area contributed by atoms with Crippen molar-refractivity contribution in [1.82, 2.24) is 25.4 Å². The molecule has 1 unspecified atom stereocenters. The first-order valence-electron chi connectivity index (χ1n) is 9.40. The Morgan fingerprint density at radius 3 is 2.78 bits per heavy atom. The molecule has 0 aromatic carbocycles. The molecular weight excluding hydrogens is 364 g/mol. The van der Waals surface area contributed by atoms with Gasteiger partial charge in [-0.2, -0.15) is 0 Å². The maximum absolute atomic E-state index is 11.9. The maximum atomic E-state index is 11.9. The van der Waals surface area contributed by atoms with E-state index in [9.17, 15) is 4.79 Å². The topological polar surface area (TPSA) is 82.1 Å². The van der Waals surface area contributed by atoms with Gasteiger partial charge in [-0.3, -0.25) is 9.69 Å². The van der Waals surface area contributed by atoms with E-state index >= 15 is 0 Å². The highest BCUT2D eigenvalue weighted by atomic mass is 32.1. The maximum Gasteiger partial charge on any atom is 0.243 e. The second-order valence-electron chi connectivity index (χ2n) is 6.92. The lowest BCUT2D eigenvalue weighted by atomic mass is 10.2. The number of hydrogen-bond acceptors (Lipinski definition) is 6. The van der Waals surface area contributed by atoms with Crippen molar-refractivity contribution in [2.45, 2.75) is 19.8 Å². The zero-order valence-corrected chi connectivity index (χ0v) is 17.6. The van der Waals surface area contributed by atoms with Gasteiger partial charge in [0.1, 0.15) is 6.54 Å². The molecule has 0 spiro atoms. The van der Waals surface area contributed by atoms with E-state index in [-0.39, 0.29) is 18.4 Å². The molecule has 1 aromatic rings. The van der Waals surface area contributed by atoms with Gasteiger partial charge in [0, 0.05) is 63.8 Å². The normalized spacial score (nSPS) is 16.8. The molecule has 9 heteroatoms. The number of thiazole rings is 1. The number of guanidine groups is 1. The van der Waals surface area contributed by atoms with Gasteiger partial charge < -0.3 is 20.3 Å². The quantitative estimate of drug-likeness (QED) is 0.492. The molecule has 0 radical (unpaired) electrons. The Hall–Kier alpha value is -1.71. The Labute approximate surface area is 166 Å². The minimum atomic E-state index is -0.0205. The van der Waals surface area contributed by atoms with Crippen molar-refractivity contribution in [1.29, 1.82) is 0 Å². The number of morpholine rings is 1. The molecule has 1 aliphatic heterocycles. The SMILES string of the molecule is Cc1cnc(C(C)CNC(=NCC(=O)N(C)C)NCCN2CCOCC2)s1. The molecule has 2 rings (SSSR count). The number of hydrogen-bond donors (Lipinski definition) is 2. The van der Waals surface area contributed by atoms with Crippen LogP contribution in [0.4, 0.5) is 0 Å². The van der Waals surface area contributed by atoms with Crippen LogP contribution in [-0.4, -0.2) is 93.2 Å². The van der Waals surface area contributed by atoms with Crippen molar-refractivity contribution in [3.05, 3.63) is 16.1 Å². The van der Waals surface area contributed by atoms with E-state index in [1.54, 1.807) is 30.3 Å². The van der Waals surface area contributed by atoms with Crippen molar-refractivity contribution in [3.63, 3.8) is 0 Å². The molecule has 27 heavy (non-hydrogen) atoms. The lowest BCUT2D eigenvalue weighted by Crippen LogP contribution is -2.45. The van der Waals surface area contributed by atoms with Crippen LogP contribution in [-0.2, 0) is 9.53 Å². The predicted octanol–water partition coefficient (Wildman–Crippen LogP) is 0.511. The number of amides is 1. The highest BCUT2D eigenvalue weighted by Crippen LogP contribution is 2.20. The third-order valence-corrected chi connectivity index (χ3v) is 5.48. The first kappa shape index (κ1) is 21.6. The van der Waals surface area contributed by atoms with Crippen LogP contribution in [0.25, 0.3) is 0 Å². The standard InChI is InChI=1S/C18H32N6O2S/c1-14(17-20-12-15(2)27-17)11-21-18(22-13-16(25)23(3)4)19-5-6-24-7-9-26-10-8-24/h12,14H,5-11,13H2,1-4H3,(H2,19,21,22). The molecular formula is C18H32N6O2S. The summed E-state index contributed by atoms with van der Waals surface area (Å²) in [5.41, 5.74) is 0. The van der Waals surface area contributed by atoms with Gasteiger partial charge in [0.2, 0.25) is 5.91 Å². The van der Waals surface area contributed by atoms with E-state index in [4.69, 9.17) is 4.74 Å².